The first-order valence-electron chi connectivity index (χ1n) is 33.6. The monoisotopic (exact) mass is 1230 g/mol. The highest BCUT2D eigenvalue weighted by Gasteiger charge is 2.47. The maximum absolute atomic E-state index is 14.3. The lowest BCUT2D eigenvalue weighted by molar-refractivity contribution is -0.438. The van der Waals surface area contributed by atoms with Crippen LogP contribution in [0.5, 0.6) is 11.5 Å². The number of hydrogen-bond donors (Lipinski definition) is 1. The Morgan fingerprint density at radius 3 is 1.59 bits per heavy atom. The minimum absolute atomic E-state index is 0.164. The molecule has 12 rings (SSSR count). The van der Waals surface area contributed by atoms with E-state index < -0.39 is 11.4 Å². The van der Waals surface area contributed by atoms with Gasteiger partial charge in [-0.05, 0) is 180 Å². The molecular weight excluding hydrogens is 1140 g/mol. The molecule has 0 atom stereocenters. The second-order valence-corrected chi connectivity index (χ2v) is 28.3. The maximum Gasteiger partial charge on any atom is 0.335 e. The fourth-order valence-electron chi connectivity index (χ4n) is 14.6. The fraction of sp³-hybridized carbons (Fsp3) is 0.370. The number of carboxylic acids is 1. The number of fused-ring (bicyclic) bond motifs is 7. The zero-order valence-electron chi connectivity index (χ0n) is 55.1. The van der Waals surface area contributed by atoms with Crippen molar-refractivity contribution in [3.8, 4) is 54.8 Å². The Morgan fingerprint density at radius 1 is 0.549 bits per heavy atom. The molecule has 0 radical (unpaired) electrons. The van der Waals surface area contributed by atoms with E-state index >= 15 is 0 Å². The van der Waals surface area contributed by atoms with Gasteiger partial charge in [-0.25, -0.2) is 4.79 Å². The van der Waals surface area contributed by atoms with Gasteiger partial charge in [-0.3, -0.25) is 4.79 Å². The summed E-state index contributed by atoms with van der Waals surface area (Å²) in [5.74, 6) is 0.337. The van der Waals surface area contributed by atoms with E-state index in [0.717, 1.165) is 112 Å². The van der Waals surface area contributed by atoms with Crippen LogP contribution in [0.2, 0.25) is 0 Å². The molecule has 8 aromatic rings. The van der Waals surface area contributed by atoms with Crippen LogP contribution < -0.4 is 19.5 Å². The number of ketones is 1. The van der Waals surface area contributed by atoms with Gasteiger partial charge in [-0.2, -0.15) is 4.58 Å². The number of ether oxygens (including phenoxy) is 2. The third-order valence-corrected chi connectivity index (χ3v) is 21.2. The van der Waals surface area contributed by atoms with Crippen molar-refractivity contribution in [2.45, 2.75) is 168 Å². The Labute approximate surface area is 543 Å². The lowest BCUT2D eigenvalue weighted by Gasteiger charge is -2.31. The summed E-state index contributed by atoms with van der Waals surface area (Å²) in [5.41, 5.74) is 18.1. The number of aromatic nitrogens is 1. The van der Waals surface area contributed by atoms with Crippen molar-refractivity contribution in [1.29, 1.82) is 0 Å². The Morgan fingerprint density at radius 2 is 1.04 bits per heavy atom. The number of benzene rings is 6. The van der Waals surface area contributed by atoms with Crippen LogP contribution in [0.4, 0.5) is 22.7 Å². The molecule has 2 aromatic heterocycles. The average molecular weight is 1230 g/mol. The van der Waals surface area contributed by atoms with Crippen LogP contribution in [0.15, 0.2) is 157 Å². The first-order chi connectivity index (χ1) is 43.9. The lowest BCUT2D eigenvalue weighted by Crippen LogP contribution is -2.34. The number of carbonyl (C=O) groups excluding carboxylic acids is 1. The van der Waals surface area contributed by atoms with E-state index in [4.69, 9.17) is 9.47 Å². The van der Waals surface area contributed by atoms with Gasteiger partial charge in [0.2, 0.25) is 5.69 Å². The minimum Gasteiger partial charge on any atom is -0.871 e. The number of allylic oxidation sites excluding steroid dienone is 3. The topological polar surface area (TPSA) is 107 Å². The molecular formula is C81H89N3O6S. The predicted molar refractivity (Wildman–Crippen MR) is 373 cm³/mol. The van der Waals surface area contributed by atoms with Gasteiger partial charge in [0.15, 0.2) is 11.5 Å². The molecule has 0 saturated heterocycles. The molecule has 6 aromatic carbocycles. The number of rotatable bonds is 27. The molecule has 3 aliphatic carbocycles. The average Bonchev–Trinajstić information content (AvgIpc) is 1.65. The highest BCUT2D eigenvalue weighted by atomic mass is 32.1. The van der Waals surface area contributed by atoms with E-state index in [2.05, 4.69) is 181 Å². The van der Waals surface area contributed by atoms with E-state index in [9.17, 15) is 19.8 Å². The van der Waals surface area contributed by atoms with Gasteiger partial charge in [0, 0.05) is 75.1 Å². The van der Waals surface area contributed by atoms with Gasteiger partial charge in [0.05, 0.1) is 40.5 Å². The number of anilines is 3. The second kappa shape index (κ2) is 25.8. The Kier molecular flexibility index (Phi) is 17.9. The van der Waals surface area contributed by atoms with Crippen LogP contribution in [0.1, 0.15) is 196 Å². The summed E-state index contributed by atoms with van der Waals surface area (Å²) >= 11 is 1.69. The molecule has 91 heavy (non-hydrogen) atoms. The molecule has 0 spiro atoms. The van der Waals surface area contributed by atoms with E-state index in [-0.39, 0.29) is 39.1 Å². The summed E-state index contributed by atoms with van der Waals surface area (Å²) in [6, 6.07) is 49.7. The summed E-state index contributed by atoms with van der Waals surface area (Å²) in [4.78, 5) is 31.0. The highest BCUT2D eigenvalue weighted by molar-refractivity contribution is 7.18. The molecule has 0 unspecified atom stereocenters. The highest BCUT2D eigenvalue weighted by Crippen LogP contribution is 2.55. The van der Waals surface area contributed by atoms with Crippen molar-refractivity contribution in [3.63, 3.8) is 0 Å². The minimum atomic E-state index is -0.985. The van der Waals surface area contributed by atoms with Crippen molar-refractivity contribution < 1.29 is 33.9 Å². The van der Waals surface area contributed by atoms with Crippen molar-refractivity contribution in [1.82, 2.24) is 4.57 Å². The van der Waals surface area contributed by atoms with Gasteiger partial charge in [0.25, 0.3) is 0 Å². The summed E-state index contributed by atoms with van der Waals surface area (Å²) in [6.45, 7) is 22.3. The molecule has 0 fully saturated rings. The first-order valence-corrected chi connectivity index (χ1v) is 34.4. The quantitative estimate of drug-likeness (QED) is 0.0310. The van der Waals surface area contributed by atoms with Crippen molar-refractivity contribution >= 4 is 57.1 Å². The molecule has 10 heteroatoms. The largest absolute Gasteiger partial charge is 0.871 e. The number of thiophene rings is 1. The number of hydrogen-bond acceptors (Lipinski definition) is 7. The first kappa shape index (κ1) is 63.0. The Hall–Kier alpha value is -8.21. The number of carboxylic acid groups (broad SMARTS) is 1. The smallest absolute Gasteiger partial charge is 0.335 e. The molecule has 470 valence electrons. The Balaban J connectivity index is 0.835. The van der Waals surface area contributed by atoms with Crippen molar-refractivity contribution in [2.75, 3.05) is 24.7 Å². The van der Waals surface area contributed by atoms with E-state index in [1.165, 1.54) is 102 Å². The summed E-state index contributed by atoms with van der Waals surface area (Å²) in [5, 5.41) is 24.2. The summed E-state index contributed by atoms with van der Waals surface area (Å²) in [6.07, 6.45) is 17.9. The molecule has 1 aliphatic heterocycles. The zero-order chi connectivity index (χ0) is 63.9. The van der Waals surface area contributed by atoms with E-state index in [1.807, 2.05) is 29.8 Å². The van der Waals surface area contributed by atoms with Crippen LogP contribution in [-0.2, 0) is 28.1 Å². The van der Waals surface area contributed by atoms with Crippen molar-refractivity contribution in [3.05, 3.63) is 196 Å². The fourth-order valence-corrected chi connectivity index (χ4v) is 15.7. The van der Waals surface area contributed by atoms with Gasteiger partial charge in [-0.1, -0.05) is 155 Å². The molecule has 0 amide bonds. The molecule has 3 heterocycles. The molecule has 1 N–H and O–H groups in total. The standard InChI is InChI=1S/C81H89N3O6S/c1-11-14-17-20-21-22-43-83-69-38-27-53(78(87)88)46-68(69)81(8,9)74(83)51-63-76(85)75(77(63)86)71-40-39-70(82(71)10)73-42-41-72(91-73)52-25-28-54(29-26-52)84(55-30-34-59-61-36-32-57(89-44-23-18-15-12-2)49-66(61)79(4,5)64(59)47-55)56-31-35-60-62-37-33-58(90-45-24-19-16-13-3)50-67(62)80(6,7)65(60)48-56/h25-42,46-51H,11-24,43-45H2,1-10H3,(H-,85,86,87,88). The molecule has 4 aliphatic rings. The maximum atomic E-state index is 14.3. The van der Waals surface area contributed by atoms with Crippen molar-refractivity contribution in [2.24, 2.45) is 7.05 Å². The normalized spacial score (nSPS) is 15.8. The number of nitrogens with zero attached hydrogens (tertiary/aromatic N) is 3. The van der Waals surface area contributed by atoms with Crippen LogP contribution in [-0.4, -0.2) is 51.5 Å². The van der Waals surface area contributed by atoms with Gasteiger partial charge in [0.1, 0.15) is 18.0 Å². The molecule has 0 saturated carbocycles. The van der Waals surface area contributed by atoms with Gasteiger partial charge in [-0.15, -0.1) is 11.3 Å². The number of unbranched alkanes of at least 4 members (excludes halogenated alkanes) is 11. The van der Waals surface area contributed by atoms with Crippen LogP contribution in [0.25, 0.3) is 48.8 Å². The third-order valence-electron chi connectivity index (χ3n) is 20.1. The van der Waals surface area contributed by atoms with Crippen LogP contribution in [0.3, 0.4) is 0 Å². The number of carbonyl (C=O) groups is 2. The van der Waals surface area contributed by atoms with Gasteiger partial charge < -0.3 is 29.2 Å². The molecule has 9 nitrogen and oxygen atoms in total. The number of aromatic carboxylic acids is 1. The summed E-state index contributed by atoms with van der Waals surface area (Å²) in [7, 11) is 1.93. The second-order valence-electron chi connectivity index (χ2n) is 27.2. The lowest BCUT2D eigenvalue weighted by atomic mass is 9.78. The summed E-state index contributed by atoms with van der Waals surface area (Å²) < 4.78 is 16.9. The molecule has 0 bridgehead atoms. The van der Waals surface area contributed by atoms with E-state index in [1.54, 1.807) is 29.5 Å². The van der Waals surface area contributed by atoms with Crippen LogP contribution in [0, 0.1) is 0 Å². The SMILES string of the molecule is CCCCCCCC[N+]1=C(/C=C2/C(=O)C(c3ccc(-c4ccc(-c5ccc(N(c6ccc7c(c6)C(C)(C)c6cc(OCCCCCC)ccc6-7)c6ccc7c(c6)C(C)(C)c6cc(OCCCCCC)ccc6-7)cc5)s4)n3C)=C2[O-])C(C)(C)c2cc(C(=O)O)ccc21. The zero-order valence-corrected chi connectivity index (χ0v) is 55.9. The van der Waals surface area contributed by atoms with E-state index in [0.29, 0.717) is 12.2 Å². The predicted octanol–water partition coefficient (Wildman–Crippen LogP) is 20.1. The van der Waals surface area contributed by atoms with Gasteiger partial charge >= 0.3 is 5.97 Å². The number of Topliss-reactive ketones (excluding diaryl/α,β-unsaturated/α-hetero) is 1. The van der Waals surface area contributed by atoms with Crippen LogP contribution >= 0.6 is 11.3 Å². The third kappa shape index (κ3) is 11.7. The Bertz CT molecular complexity index is 4080.